The lowest BCUT2D eigenvalue weighted by molar-refractivity contribution is -0.144. The third-order valence-electron chi connectivity index (χ3n) is 6.08. The molecular formula is C28H32N2O4. The van der Waals surface area contributed by atoms with E-state index in [1.807, 2.05) is 84.6 Å². The zero-order valence-electron chi connectivity index (χ0n) is 19.6. The van der Waals surface area contributed by atoms with Gasteiger partial charge in [-0.25, -0.2) is 0 Å². The van der Waals surface area contributed by atoms with Crippen molar-refractivity contribution < 1.29 is 19.4 Å². The molecule has 178 valence electrons. The summed E-state index contributed by atoms with van der Waals surface area (Å²) in [6.07, 6.45) is 0.541. The SMILES string of the molecule is CCC(C(=O)O)N(Cc1ccccc1)Cc1cccc(OCCN2CCOc3ccccc32)c1. The van der Waals surface area contributed by atoms with Crippen LogP contribution < -0.4 is 14.4 Å². The van der Waals surface area contributed by atoms with Crippen LogP contribution >= 0.6 is 0 Å². The summed E-state index contributed by atoms with van der Waals surface area (Å²) in [4.78, 5) is 16.2. The Hall–Kier alpha value is -3.51. The lowest BCUT2D eigenvalue weighted by Crippen LogP contribution is -2.39. The summed E-state index contributed by atoms with van der Waals surface area (Å²) >= 11 is 0. The number of hydrogen-bond donors (Lipinski definition) is 1. The zero-order chi connectivity index (χ0) is 23.8. The number of ether oxygens (including phenoxy) is 2. The molecule has 3 aromatic carbocycles. The molecule has 0 radical (unpaired) electrons. The maximum Gasteiger partial charge on any atom is 0.320 e. The van der Waals surface area contributed by atoms with E-state index in [-0.39, 0.29) is 0 Å². The molecule has 0 spiro atoms. The first kappa shape index (κ1) is 23.6. The topological polar surface area (TPSA) is 62.2 Å². The van der Waals surface area contributed by atoms with Gasteiger partial charge in [0.05, 0.1) is 18.8 Å². The average molecular weight is 461 g/mol. The molecule has 0 amide bonds. The van der Waals surface area contributed by atoms with Crippen LogP contribution in [0.4, 0.5) is 5.69 Å². The third-order valence-corrected chi connectivity index (χ3v) is 6.08. The number of fused-ring (bicyclic) bond motifs is 1. The van der Waals surface area contributed by atoms with Crippen LogP contribution in [-0.2, 0) is 17.9 Å². The van der Waals surface area contributed by atoms with Crippen LogP contribution in [0.15, 0.2) is 78.9 Å². The molecule has 1 aliphatic heterocycles. The van der Waals surface area contributed by atoms with Crippen LogP contribution in [0.2, 0.25) is 0 Å². The molecule has 0 saturated carbocycles. The summed E-state index contributed by atoms with van der Waals surface area (Å²) in [5.41, 5.74) is 3.23. The third kappa shape index (κ3) is 6.08. The first-order valence-electron chi connectivity index (χ1n) is 11.8. The number of anilines is 1. The van der Waals surface area contributed by atoms with Crippen molar-refractivity contribution in [3.05, 3.63) is 90.0 Å². The van der Waals surface area contributed by atoms with Crippen LogP contribution in [0.5, 0.6) is 11.5 Å². The normalized spacial score (nSPS) is 13.8. The second-order valence-corrected chi connectivity index (χ2v) is 8.45. The number of aliphatic carboxylic acids is 1. The second kappa shape index (κ2) is 11.6. The molecule has 1 unspecified atom stereocenters. The molecule has 0 saturated heterocycles. The van der Waals surface area contributed by atoms with Gasteiger partial charge in [0, 0.05) is 13.1 Å². The van der Waals surface area contributed by atoms with E-state index in [9.17, 15) is 9.90 Å². The molecule has 6 nitrogen and oxygen atoms in total. The molecular weight excluding hydrogens is 428 g/mol. The van der Waals surface area contributed by atoms with E-state index in [1.165, 1.54) is 0 Å². The minimum atomic E-state index is -0.795. The smallest absolute Gasteiger partial charge is 0.320 e. The Morgan fingerprint density at radius 1 is 1.03 bits per heavy atom. The van der Waals surface area contributed by atoms with Gasteiger partial charge < -0.3 is 19.5 Å². The molecule has 1 aliphatic rings. The minimum Gasteiger partial charge on any atom is -0.492 e. The Bertz CT molecular complexity index is 1070. The van der Waals surface area contributed by atoms with E-state index in [4.69, 9.17) is 9.47 Å². The molecule has 34 heavy (non-hydrogen) atoms. The highest BCUT2D eigenvalue weighted by molar-refractivity contribution is 5.73. The number of carbonyl (C=O) groups is 1. The molecule has 0 aromatic heterocycles. The lowest BCUT2D eigenvalue weighted by atomic mass is 10.1. The summed E-state index contributed by atoms with van der Waals surface area (Å²) in [5.74, 6) is 0.914. The molecule has 0 aliphatic carbocycles. The Kier molecular flexibility index (Phi) is 8.04. The van der Waals surface area contributed by atoms with Crippen molar-refractivity contribution in [2.45, 2.75) is 32.5 Å². The molecule has 4 rings (SSSR count). The highest BCUT2D eigenvalue weighted by Crippen LogP contribution is 2.30. The number of para-hydroxylation sites is 2. The Labute approximate surface area is 201 Å². The van der Waals surface area contributed by atoms with Crippen molar-refractivity contribution in [1.82, 2.24) is 4.90 Å². The van der Waals surface area contributed by atoms with Gasteiger partial charge in [-0.15, -0.1) is 0 Å². The van der Waals surface area contributed by atoms with Crippen LogP contribution in [-0.4, -0.2) is 48.3 Å². The van der Waals surface area contributed by atoms with E-state index < -0.39 is 12.0 Å². The minimum absolute atomic E-state index is 0.535. The van der Waals surface area contributed by atoms with Crippen molar-refractivity contribution >= 4 is 11.7 Å². The number of carboxylic acids is 1. The molecule has 1 atom stereocenters. The number of carboxylic acid groups (broad SMARTS) is 1. The van der Waals surface area contributed by atoms with Gasteiger partial charge in [0.2, 0.25) is 0 Å². The summed E-state index contributed by atoms with van der Waals surface area (Å²) in [6.45, 7) is 5.86. The van der Waals surface area contributed by atoms with Gasteiger partial charge in [0.25, 0.3) is 0 Å². The van der Waals surface area contributed by atoms with E-state index in [1.54, 1.807) is 0 Å². The number of hydrogen-bond acceptors (Lipinski definition) is 5. The van der Waals surface area contributed by atoms with Crippen LogP contribution in [0.3, 0.4) is 0 Å². The van der Waals surface area contributed by atoms with Gasteiger partial charge in [0.15, 0.2) is 0 Å². The van der Waals surface area contributed by atoms with Gasteiger partial charge in [-0.2, -0.15) is 0 Å². The Morgan fingerprint density at radius 2 is 1.76 bits per heavy atom. The fourth-order valence-electron chi connectivity index (χ4n) is 4.38. The maximum absolute atomic E-state index is 11.9. The molecule has 6 heteroatoms. The standard InChI is InChI=1S/C28H32N2O4/c1-2-25(28(31)32)30(20-22-9-4-3-5-10-22)21-23-11-8-12-24(19-23)33-17-15-29-16-18-34-27-14-7-6-13-26(27)29/h3-14,19,25H,2,15-18,20-21H2,1H3,(H,31,32). The lowest BCUT2D eigenvalue weighted by Gasteiger charge is -2.31. The van der Waals surface area contributed by atoms with E-state index in [0.717, 1.165) is 41.4 Å². The maximum atomic E-state index is 11.9. The monoisotopic (exact) mass is 460 g/mol. The van der Waals surface area contributed by atoms with E-state index >= 15 is 0 Å². The predicted octanol–water partition coefficient (Wildman–Crippen LogP) is 4.83. The van der Waals surface area contributed by atoms with Gasteiger partial charge in [-0.05, 0) is 41.8 Å². The fraction of sp³-hybridized carbons (Fsp3) is 0.321. The molecule has 3 aromatic rings. The van der Waals surface area contributed by atoms with Crippen molar-refractivity contribution in [2.24, 2.45) is 0 Å². The van der Waals surface area contributed by atoms with E-state index in [2.05, 4.69) is 11.0 Å². The van der Waals surface area contributed by atoms with Crippen molar-refractivity contribution in [2.75, 3.05) is 31.2 Å². The van der Waals surface area contributed by atoms with Crippen LogP contribution in [0, 0.1) is 0 Å². The fourth-order valence-corrected chi connectivity index (χ4v) is 4.38. The average Bonchev–Trinajstić information content (AvgIpc) is 2.85. The highest BCUT2D eigenvalue weighted by Gasteiger charge is 2.24. The second-order valence-electron chi connectivity index (χ2n) is 8.45. The van der Waals surface area contributed by atoms with Crippen molar-refractivity contribution in [1.29, 1.82) is 0 Å². The summed E-state index contributed by atoms with van der Waals surface area (Å²) in [6, 6.07) is 25.5. The predicted molar refractivity (Wildman–Crippen MR) is 133 cm³/mol. The van der Waals surface area contributed by atoms with Gasteiger partial charge in [-0.3, -0.25) is 9.69 Å². The number of rotatable bonds is 11. The van der Waals surface area contributed by atoms with Crippen molar-refractivity contribution in [3.63, 3.8) is 0 Å². The summed E-state index contributed by atoms with van der Waals surface area (Å²) in [5, 5.41) is 9.78. The van der Waals surface area contributed by atoms with Crippen LogP contribution in [0.25, 0.3) is 0 Å². The van der Waals surface area contributed by atoms with E-state index in [0.29, 0.717) is 32.7 Å². The number of nitrogens with zero attached hydrogens (tertiary/aromatic N) is 2. The van der Waals surface area contributed by atoms with Crippen molar-refractivity contribution in [3.8, 4) is 11.5 Å². The van der Waals surface area contributed by atoms with Gasteiger partial charge in [-0.1, -0.05) is 61.5 Å². The summed E-state index contributed by atoms with van der Waals surface area (Å²) in [7, 11) is 0. The van der Waals surface area contributed by atoms with Gasteiger partial charge in [0.1, 0.15) is 30.8 Å². The zero-order valence-corrected chi connectivity index (χ0v) is 19.6. The molecule has 0 fully saturated rings. The summed E-state index contributed by atoms with van der Waals surface area (Å²) < 4.78 is 11.8. The highest BCUT2D eigenvalue weighted by atomic mass is 16.5. The Balaban J connectivity index is 1.40. The molecule has 1 N–H and O–H groups in total. The molecule has 1 heterocycles. The molecule has 0 bridgehead atoms. The Morgan fingerprint density at radius 3 is 2.56 bits per heavy atom. The van der Waals surface area contributed by atoms with Gasteiger partial charge >= 0.3 is 5.97 Å². The largest absolute Gasteiger partial charge is 0.492 e. The first-order valence-corrected chi connectivity index (χ1v) is 11.8. The van der Waals surface area contributed by atoms with Crippen LogP contribution in [0.1, 0.15) is 24.5 Å². The first-order chi connectivity index (χ1) is 16.6. The quantitative estimate of drug-likeness (QED) is 0.442. The number of benzene rings is 3.